The zero-order valence-electron chi connectivity index (χ0n) is 11.1. The lowest BCUT2D eigenvalue weighted by molar-refractivity contribution is 0.260. The minimum Gasteiger partial charge on any atom is -0.327 e. The van der Waals surface area contributed by atoms with Crippen LogP contribution in [0.25, 0.3) is 0 Å². The first-order valence-corrected chi connectivity index (χ1v) is 8.18. The lowest BCUT2D eigenvalue weighted by Gasteiger charge is -2.29. The molecule has 2 fully saturated rings. The van der Waals surface area contributed by atoms with Crippen molar-refractivity contribution in [3.05, 3.63) is 12.3 Å². The van der Waals surface area contributed by atoms with Gasteiger partial charge in [-0.15, -0.1) is 0 Å². The van der Waals surface area contributed by atoms with Crippen molar-refractivity contribution in [2.24, 2.45) is 24.6 Å². The first kappa shape index (κ1) is 13.1. The Labute approximate surface area is 113 Å². The normalized spacial score (nSPS) is 32.4. The number of nitrogens with zero attached hydrogens (tertiary/aromatic N) is 3. The molecule has 6 nitrogen and oxygen atoms in total. The first-order valence-electron chi connectivity index (χ1n) is 6.74. The van der Waals surface area contributed by atoms with E-state index in [9.17, 15) is 8.42 Å². The molecule has 1 aliphatic carbocycles. The Balaban J connectivity index is 1.86. The number of hydrogen-bond acceptors (Lipinski definition) is 4. The highest BCUT2D eigenvalue weighted by Crippen LogP contribution is 2.37. The fraction of sp³-hybridized carbons (Fsp3) is 0.750. The lowest BCUT2D eigenvalue weighted by atomic mass is 9.78. The summed E-state index contributed by atoms with van der Waals surface area (Å²) in [4.78, 5) is 0. The van der Waals surface area contributed by atoms with Crippen LogP contribution >= 0.6 is 0 Å². The van der Waals surface area contributed by atoms with E-state index in [1.54, 1.807) is 17.4 Å². The molecule has 3 atom stereocenters. The molecular weight excluding hydrogens is 264 g/mol. The monoisotopic (exact) mass is 284 g/mol. The third kappa shape index (κ3) is 2.09. The summed E-state index contributed by atoms with van der Waals surface area (Å²) in [7, 11) is -1.77. The fourth-order valence-corrected chi connectivity index (χ4v) is 5.05. The van der Waals surface area contributed by atoms with E-state index in [2.05, 4.69) is 5.10 Å². The zero-order valence-corrected chi connectivity index (χ0v) is 11.9. The van der Waals surface area contributed by atoms with Gasteiger partial charge >= 0.3 is 0 Å². The van der Waals surface area contributed by atoms with Crippen LogP contribution in [0.1, 0.15) is 19.3 Å². The van der Waals surface area contributed by atoms with Crippen LogP contribution in [0.15, 0.2) is 17.3 Å². The highest BCUT2D eigenvalue weighted by Gasteiger charge is 2.43. The summed E-state index contributed by atoms with van der Waals surface area (Å²) in [6, 6.07) is 1.70. The fourth-order valence-electron chi connectivity index (χ4n) is 3.42. The van der Waals surface area contributed by atoms with E-state index in [-0.39, 0.29) is 11.1 Å². The molecule has 3 unspecified atom stereocenters. The van der Waals surface area contributed by atoms with Crippen LogP contribution in [0.4, 0.5) is 0 Å². The van der Waals surface area contributed by atoms with Crippen LogP contribution < -0.4 is 5.73 Å². The molecule has 1 saturated heterocycles. The van der Waals surface area contributed by atoms with Crippen LogP contribution in [-0.4, -0.2) is 41.6 Å². The van der Waals surface area contributed by atoms with E-state index in [4.69, 9.17) is 5.73 Å². The number of aromatic nitrogens is 2. The third-order valence-electron chi connectivity index (χ3n) is 4.50. The standard InChI is InChI=1S/C12H20N4O2S/c1-15-12(5-6-14-15)19(17,18)16-7-9-3-2-4-11(13)10(9)8-16/h5-6,9-11H,2-4,7-8,13H2,1H3. The van der Waals surface area contributed by atoms with Crippen molar-refractivity contribution in [2.45, 2.75) is 30.3 Å². The largest absolute Gasteiger partial charge is 0.327 e. The number of nitrogens with two attached hydrogens (primary N) is 1. The van der Waals surface area contributed by atoms with E-state index in [1.807, 2.05) is 0 Å². The summed E-state index contributed by atoms with van der Waals surface area (Å²) >= 11 is 0. The Morgan fingerprint density at radius 2 is 2.16 bits per heavy atom. The minimum atomic E-state index is -3.43. The summed E-state index contributed by atoms with van der Waals surface area (Å²) in [5.74, 6) is 0.739. The van der Waals surface area contributed by atoms with Crippen molar-refractivity contribution in [2.75, 3.05) is 13.1 Å². The van der Waals surface area contributed by atoms with Gasteiger partial charge in [-0.1, -0.05) is 6.42 Å². The average Bonchev–Trinajstić information content (AvgIpc) is 2.96. The molecule has 1 aromatic rings. The molecule has 1 aromatic heterocycles. The smallest absolute Gasteiger partial charge is 0.260 e. The van der Waals surface area contributed by atoms with Crippen molar-refractivity contribution in [3.63, 3.8) is 0 Å². The number of sulfonamides is 1. The lowest BCUT2D eigenvalue weighted by Crippen LogP contribution is -2.38. The molecule has 0 amide bonds. The molecule has 2 N–H and O–H groups in total. The molecule has 0 radical (unpaired) electrons. The Morgan fingerprint density at radius 3 is 2.79 bits per heavy atom. The summed E-state index contributed by atoms with van der Waals surface area (Å²) in [6.45, 7) is 1.16. The Hall–Kier alpha value is -0.920. The first-order chi connectivity index (χ1) is 9.00. The van der Waals surface area contributed by atoms with Crippen LogP contribution in [0, 0.1) is 11.8 Å². The molecule has 2 aliphatic rings. The predicted molar refractivity (Wildman–Crippen MR) is 70.8 cm³/mol. The maximum atomic E-state index is 12.6. The van der Waals surface area contributed by atoms with E-state index in [1.165, 1.54) is 10.9 Å². The Morgan fingerprint density at radius 1 is 1.37 bits per heavy atom. The van der Waals surface area contributed by atoms with Gasteiger partial charge in [0.15, 0.2) is 5.03 Å². The maximum Gasteiger partial charge on any atom is 0.260 e. The molecule has 1 aliphatic heterocycles. The van der Waals surface area contributed by atoms with Crippen molar-refractivity contribution in [1.82, 2.24) is 14.1 Å². The van der Waals surface area contributed by atoms with Crippen LogP contribution in [0.3, 0.4) is 0 Å². The second-order valence-electron chi connectivity index (χ2n) is 5.63. The van der Waals surface area contributed by atoms with Gasteiger partial charge in [-0.3, -0.25) is 4.68 Å². The number of aryl methyl sites for hydroxylation is 1. The topological polar surface area (TPSA) is 81.2 Å². The van der Waals surface area contributed by atoms with E-state index >= 15 is 0 Å². The second-order valence-corrected chi connectivity index (χ2v) is 7.52. The summed E-state index contributed by atoms with van der Waals surface area (Å²) in [5, 5.41) is 4.21. The molecule has 2 heterocycles. The molecule has 0 aromatic carbocycles. The molecule has 19 heavy (non-hydrogen) atoms. The zero-order chi connectivity index (χ0) is 13.6. The van der Waals surface area contributed by atoms with Gasteiger partial charge in [-0.05, 0) is 30.7 Å². The Kier molecular flexibility index (Phi) is 3.15. The van der Waals surface area contributed by atoms with Crippen molar-refractivity contribution >= 4 is 10.0 Å². The summed E-state index contributed by atoms with van der Waals surface area (Å²) in [6.07, 6.45) is 4.74. The van der Waals surface area contributed by atoms with Crippen LogP contribution in [-0.2, 0) is 17.1 Å². The third-order valence-corrected chi connectivity index (χ3v) is 6.41. The van der Waals surface area contributed by atoms with Gasteiger partial charge < -0.3 is 5.73 Å². The second kappa shape index (κ2) is 4.57. The molecule has 106 valence electrons. The number of rotatable bonds is 2. The maximum absolute atomic E-state index is 12.6. The molecule has 0 spiro atoms. The van der Waals surface area contributed by atoms with Crippen molar-refractivity contribution in [3.8, 4) is 0 Å². The van der Waals surface area contributed by atoms with Gasteiger partial charge in [0.05, 0.1) is 6.20 Å². The van der Waals surface area contributed by atoms with Gasteiger partial charge in [0.2, 0.25) is 0 Å². The quantitative estimate of drug-likeness (QED) is 0.839. The summed E-state index contributed by atoms with van der Waals surface area (Å²) < 4.78 is 28.2. The van der Waals surface area contributed by atoms with Gasteiger partial charge in [-0.2, -0.15) is 9.40 Å². The SMILES string of the molecule is Cn1nccc1S(=O)(=O)N1CC2CCCC(N)C2C1. The van der Waals surface area contributed by atoms with Gasteiger partial charge in [-0.25, -0.2) is 8.42 Å². The minimum absolute atomic E-state index is 0.144. The molecule has 3 rings (SSSR count). The number of hydrogen-bond donors (Lipinski definition) is 1. The molecule has 1 saturated carbocycles. The van der Waals surface area contributed by atoms with Gasteiger partial charge in [0.25, 0.3) is 10.0 Å². The summed E-state index contributed by atoms with van der Waals surface area (Å²) in [5.41, 5.74) is 6.13. The van der Waals surface area contributed by atoms with Crippen molar-refractivity contribution in [1.29, 1.82) is 0 Å². The highest BCUT2D eigenvalue weighted by atomic mass is 32.2. The van der Waals surface area contributed by atoms with E-state index < -0.39 is 10.0 Å². The molecule has 0 bridgehead atoms. The van der Waals surface area contributed by atoms with Crippen LogP contribution in [0.2, 0.25) is 0 Å². The van der Waals surface area contributed by atoms with Gasteiger partial charge in [0.1, 0.15) is 0 Å². The van der Waals surface area contributed by atoms with Crippen molar-refractivity contribution < 1.29 is 8.42 Å². The Bertz CT molecular complexity index is 568. The highest BCUT2D eigenvalue weighted by molar-refractivity contribution is 7.89. The molecule has 7 heteroatoms. The predicted octanol–water partition coefficient (Wildman–Crippen LogP) is 0.168. The average molecular weight is 284 g/mol. The van der Waals surface area contributed by atoms with E-state index in [0.717, 1.165) is 19.3 Å². The number of fused-ring (bicyclic) bond motifs is 1. The van der Waals surface area contributed by atoms with Gasteiger partial charge in [0, 0.05) is 26.2 Å². The van der Waals surface area contributed by atoms with E-state index in [0.29, 0.717) is 24.9 Å². The molecular formula is C12H20N4O2S. The van der Waals surface area contributed by atoms with Crippen LogP contribution in [0.5, 0.6) is 0 Å².